The third-order valence-corrected chi connectivity index (χ3v) is 4.15. The van der Waals surface area contributed by atoms with Crippen molar-refractivity contribution in [2.75, 3.05) is 6.54 Å². The molecule has 108 valence electrons. The van der Waals surface area contributed by atoms with Crippen LogP contribution >= 0.6 is 0 Å². The maximum absolute atomic E-state index is 3.72. The predicted octanol–water partition coefficient (Wildman–Crippen LogP) is 5.11. The number of nitrogens with one attached hydrogen (secondary N) is 1. The number of benzene rings is 1. The van der Waals surface area contributed by atoms with Gasteiger partial charge in [0, 0.05) is 6.04 Å². The lowest BCUT2D eigenvalue weighted by Crippen LogP contribution is -2.28. The molecule has 2 atom stereocenters. The van der Waals surface area contributed by atoms with E-state index in [2.05, 4.69) is 71.1 Å². The van der Waals surface area contributed by atoms with Gasteiger partial charge in [0.25, 0.3) is 0 Å². The maximum Gasteiger partial charge on any atom is 0.0323 e. The smallest absolute Gasteiger partial charge is 0.0323 e. The average molecular weight is 261 g/mol. The topological polar surface area (TPSA) is 12.0 Å². The molecule has 1 aromatic rings. The van der Waals surface area contributed by atoms with Crippen molar-refractivity contribution in [2.45, 2.75) is 60.4 Å². The summed E-state index contributed by atoms with van der Waals surface area (Å²) in [6.45, 7) is 14.9. The van der Waals surface area contributed by atoms with Crippen LogP contribution in [0.3, 0.4) is 0 Å². The molecule has 0 bridgehead atoms. The van der Waals surface area contributed by atoms with Crippen LogP contribution in [0.5, 0.6) is 0 Å². The van der Waals surface area contributed by atoms with Crippen LogP contribution in [0.1, 0.15) is 64.6 Å². The summed E-state index contributed by atoms with van der Waals surface area (Å²) in [7, 11) is 0. The lowest BCUT2D eigenvalue weighted by molar-refractivity contribution is 0.223. The monoisotopic (exact) mass is 261 g/mol. The minimum atomic E-state index is 0.371. The second-order valence-corrected chi connectivity index (χ2v) is 6.92. The normalized spacial score (nSPS) is 15.3. The van der Waals surface area contributed by atoms with E-state index < -0.39 is 0 Å². The van der Waals surface area contributed by atoms with E-state index in [9.17, 15) is 0 Å². The van der Waals surface area contributed by atoms with Gasteiger partial charge in [0.15, 0.2) is 0 Å². The van der Waals surface area contributed by atoms with Gasteiger partial charge in [-0.3, -0.25) is 0 Å². The van der Waals surface area contributed by atoms with Gasteiger partial charge in [0.05, 0.1) is 0 Å². The Morgan fingerprint density at radius 2 is 1.89 bits per heavy atom. The first-order chi connectivity index (χ1) is 8.84. The Kier molecular flexibility index (Phi) is 6.06. The molecule has 0 aromatic heterocycles. The van der Waals surface area contributed by atoms with E-state index >= 15 is 0 Å². The molecule has 1 rings (SSSR count). The van der Waals surface area contributed by atoms with Gasteiger partial charge in [-0.05, 0) is 43.2 Å². The molecule has 0 aliphatic rings. The summed E-state index contributed by atoms with van der Waals surface area (Å²) in [4.78, 5) is 0. The molecule has 0 radical (unpaired) electrons. The molecule has 0 aliphatic carbocycles. The molecule has 1 aromatic carbocycles. The highest BCUT2D eigenvalue weighted by atomic mass is 14.9. The highest BCUT2D eigenvalue weighted by Crippen LogP contribution is 2.33. The van der Waals surface area contributed by atoms with E-state index in [4.69, 9.17) is 0 Å². The fourth-order valence-corrected chi connectivity index (χ4v) is 2.25. The van der Waals surface area contributed by atoms with Crippen molar-refractivity contribution in [3.63, 3.8) is 0 Å². The Bertz CT molecular complexity index is 376. The maximum atomic E-state index is 3.72. The van der Waals surface area contributed by atoms with Crippen LogP contribution in [0.25, 0.3) is 0 Å². The molecule has 2 unspecified atom stereocenters. The Labute approximate surface area is 119 Å². The SMILES string of the molecule is CCCNC(CC(C)C(C)(C)C)c1cccc(C)c1. The van der Waals surface area contributed by atoms with Gasteiger partial charge in [-0.25, -0.2) is 0 Å². The van der Waals surface area contributed by atoms with Crippen molar-refractivity contribution in [3.05, 3.63) is 35.4 Å². The Morgan fingerprint density at radius 1 is 1.21 bits per heavy atom. The summed E-state index contributed by atoms with van der Waals surface area (Å²) in [5.74, 6) is 0.697. The zero-order valence-corrected chi connectivity index (χ0v) is 13.6. The summed E-state index contributed by atoms with van der Waals surface area (Å²) < 4.78 is 0. The van der Waals surface area contributed by atoms with Crippen molar-refractivity contribution in [1.29, 1.82) is 0 Å². The molecule has 0 saturated carbocycles. The minimum Gasteiger partial charge on any atom is -0.310 e. The van der Waals surface area contributed by atoms with Crippen LogP contribution in [0.2, 0.25) is 0 Å². The van der Waals surface area contributed by atoms with E-state index in [0.29, 0.717) is 17.4 Å². The third kappa shape index (κ3) is 5.36. The molecular weight excluding hydrogens is 230 g/mol. The van der Waals surface area contributed by atoms with Crippen LogP contribution in [-0.2, 0) is 0 Å². The summed E-state index contributed by atoms with van der Waals surface area (Å²) in [6, 6.07) is 9.41. The second-order valence-electron chi connectivity index (χ2n) is 6.92. The third-order valence-electron chi connectivity index (χ3n) is 4.15. The number of hydrogen-bond donors (Lipinski definition) is 1. The summed E-state index contributed by atoms with van der Waals surface area (Å²) >= 11 is 0. The summed E-state index contributed by atoms with van der Waals surface area (Å²) in [6.07, 6.45) is 2.39. The molecule has 19 heavy (non-hydrogen) atoms. The van der Waals surface area contributed by atoms with Crippen LogP contribution < -0.4 is 5.32 Å². The van der Waals surface area contributed by atoms with E-state index in [1.807, 2.05) is 0 Å². The van der Waals surface area contributed by atoms with Crippen molar-refractivity contribution in [3.8, 4) is 0 Å². The Hall–Kier alpha value is -0.820. The molecular formula is C18H31N. The summed E-state index contributed by atoms with van der Waals surface area (Å²) in [5.41, 5.74) is 3.16. The van der Waals surface area contributed by atoms with Gasteiger partial charge >= 0.3 is 0 Å². The van der Waals surface area contributed by atoms with Crippen molar-refractivity contribution < 1.29 is 0 Å². The highest BCUT2D eigenvalue weighted by Gasteiger charge is 2.24. The molecule has 1 heteroatoms. The minimum absolute atomic E-state index is 0.371. The lowest BCUT2D eigenvalue weighted by atomic mass is 9.77. The highest BCUT2D eigenvalue weighted by molar-refractivity contribution is 5.25. The van der Waals surface area contributed by atoms with Crippen LogP contribution in [-0.4, -0.2) is 6.54 Å². The fourth-order valence-electron chi connectivity index (χ4n) is 2.25. The van der Waals surface area contributed by atoms with Crippen LogP contribution in [0, 0.1) is 18.3 Å². The number of hydrogen-bond acceptors (Lipinski definition) is 1. The Balaban J connectivity index is 2.83. The van der Waals surface area contributed by atoms with E-state index in [1.165, 1.54) is 24.0 Å². The van der Waals surface area contributed by atoms with Crippen LogP contribution in [0.4, 0.5) is 0 Å². The molecule has 1 nitrogen and oxygen atoms in total. The predicted molar refractivity (Wildman–Crippen MR) is 85.4 cm³/mol. The van der Waals surface area contributed by atoms with Gasteiger partial charge in [-0.15, -0.1) is 0 Å². The summed E-state index contributed by atoms with van der Waals surface area (Å²) in [5, 5.41) is 3.72. The first-order valence-corrected chi connectivity index (χ1v) is 7.64. The molecule has 0 heterocycles. The van der Waals surface area contributed by atoms with Gasteiger partial charge in [-0.1, -0.05) is 64.4 Å². The van der Waals surface area contributed by atoms with Crippen molar-refractivity contribution in [1.82, 2.24) is 5.32 Å². The quantitative estimate of drug-likeness (QED) is 0.750. The van der Waals surface area contributed by atoms with Gasteiger partial charge in [0.2, 0.25) is 0 Å². The molecule has 0 spiro atoms. The molecule has 0 amide bonds. The molecule has 1 N–H and O–H groups in total. The standard InChI is InChI=1S/C18H31N/c1-7-11-19-17(13-15(3)18(4,5)6)16-10-8-9-14(2)12-16/h8-10,12,15,17,19H,7,11,13H2,1-6H3. The van der Waals surface area contributed by atoms with Crippen molar-refractivity contribution >= 4 is 0 Å². The van der Waals surface area contributed by atoms with E-state index in [-0.39, 0.29) is 0 Å². The van der Waals surface area contributed by atoms with Crippen LogP contribution in [0.15, 0.2) is 24.3 Å². The number of aryl methyl sites for hydroxylation is 1. The first kappa shape index (κ1) is 16.2. The Morgan fingerprint density at radius 3 is 2.42 bits per heavy atom. The van der Waals surface area contributed by atoms with Gasteiger partial charge in [-0.2, -0.15) is 0 Å². The van der Waals surface area contributed by atoms with Gasteiger partial charge < -0.3 is 5.32 Å². The fraction of sp³-hybridized carbons (Fsp3) is 0.667. The van der Waals surface area contributed by atoms with Gasteiger partial charge in [0.1, 0.15) is 0 Å². The average Bonchev–Trinajstić information content (AvgIpc) is 2.33. The zero-order valence-electron chi connectivity index (χ0n) is 13.6. The lowest BCUT2D eigenvalue weighted by Gasteiger charge is -2.31. The largest absolute Gasteiger partial charge is 0.310 e. The van der Waals surface area contributed by atoms with E-state index in [0.717, 1.165) is 6.54 Å². The molecule has 0 aliphatic heterocycles. The van der Waals surface area contributed by atoms with E-state index in [1.54, 1.807) is 0 Å². The first-order valence-electron chi connectivity index (χ1n) is 7.64. The second kappa shape index (κ2) is 7.09. The number of rotatable bonds is 6. The molecule has 0 saturated heterocycles. The van der Waals surface area contributed by atoms with Crippen molar-refractivity contribution in [2.24, 2.45) is 11.3 Å². The molecule has 0 fully saturated rings. The zero-order chi connectivity index (χ0) is 14.5.